The Kier molecular flexibility index (Phi) is 8.31. The number of ether oxygens (including phenoxy) is 1. The average molecular weight is 518 g/mol. The fourth-order valence-corrected chi connectivity index (χ4v) is 4.38. The van der Waals surface area contributed by atoms with Crippen LogP contribution in [0.5, 0.6) is 0 Å². The highest BCUT2D eigenvalue weighted by Gasteiger charge is 2.32. The first kappa shape index (κ1) is 22.5. The van der Waals surface area contributed by atoms with Crippen LogP contribution in [0.3, 0.4) is 0 Å². The van der Waals surface area contributed by atoms with E-state index in [1.165, 1.54) is 25.5 Å². The van der Waals surface area contributed by atoms with Crippen LogP contribution < -0.4 is 15.5 Å². The lowest BCUT2D eigenvalue weighted by Gasteiger charge is -2.34. The second kappa shape index (κ2) is 10.7. The van der Waals surface area contributed by atoms with Gasteiger partial charge in [-0.05, 0) is 44.9 Å². The molecule has 3 unspecified atom stereocenters. The Bertz CT molecular complexity index is 693. The largest absolute Gasteiger partial charge is 0.373 e. The van der Waals surface area contributed by atoms with Crippen LogP contribution in [0, 0.1) is 5.82 Å². The molecule has 0 saturated carbocycles. The van der Waals surface area contributed by atoms with E-state index >= 15 is 0 Å². The molecule has 4 rings (SSSR count). The summed E-state index contributed by atoms with van der Waals surface area (Å²) in [4.78, 5) is 13.5. The number of nitrogens with zero attached hydrogens (tertiary/aromatic N) is 4. The van der Waals surface area contributed by atoms with E-state index in [0.717, 1.165) is 38.6 Å². The Morgan fingerprint density at radius 3 is 3.07 bits per heavy atom. The lowest BCUT2D eigenvalue weighted by atomic mass is 10.2. The third-order valence-corrected chi connectivity index (χ3v) is 5.83. The molecular weight excluding hydrogens is 486 g/mol. The molecule has 3 aliphatic rings. The normalized spacial score (nSPS) is 27.4. The van der Waals surface area contributed by atoms with Crippen molar-refractivity contribution in [1.82, 2.24) is 20.5 Å². The van der Waals surface area contributed by atoms with Crippen molar-refractivity contribution in [3.05, 3.63) is 24.1 Å². The summed E-state index contributed by atoms with van der Waals surface area (Å²) < 4.78 is 20.0. The Balaban J connectivity index is 0.00000240. The van der Waals surface area contributed by atoms with E-state index in [4.69, 9.17) is 9.73 Å². The van der Waals surface area contributed by atoms with Gasteiger partial charge in [-0.2, -0.15) is 0 Å². The Morgan fingerprint density at radius 2 is 2.24 bits per heavy atom. The van der Waals surface area contributed by atoms with Gasteiger partial charge in [0.1, 0.15) is 0 Å². The van der Waals surface area contributed by atoms with Crippen molar-refractivity contribution in [2.45, 2.75) is 44.4 Å². The maximum absolute atomic E-state index is 14.0. The summed E-state index contributed by atoms with van der Waals surface area (Å²) in [5.41, 5.74) is 0. The van der Waals surface area contributed by atoms with Crippen molar-refractivity contribution >= 4 is 35.8 Å². The second-order valence-corrected chi connectivity index (χ2v) is 7.85. The topological polar surface area (TPSA) is 65.0 Å². The third kappa shape index (κ3) is 5.69. The molecule has 0 bridgehead atoms. The highest BCUT2D eigenvalue weighted by molar-refractivity contribution is 14.0. The minimum Gasteiger partial charge on any atom is -0.373 e. The summed E-state index contributed by atoms with van der Waals surface area (Å²) in [6, 6.07) is 3.92. The lowest BCUT2D eigenvalue weighted by molar-refractivity contribution is -0.0432. The Labute approximate surface area is 189 Å². The summed E-state index contributed by atoms with van der Waals surface area (Å²) >= 11 is 0. The van der Waals surface area contributed by atoms with E-state index in [0.29, 0.717) is 24.9 Å². The number of halogens is 2. The van der Waals surface area contributed by atoms with Gasteiger partial charge in [0, 0.05) is 44.5 Å². The molecule has 3 atom stereocenters. The van der Waals surface area contributed by atoms with Crippen LogP contribution in [0.15, 0.2) is 23.3 Å². The zero-order valence-corrected chi connectivity index (χ0v) is 19.3. The number of hydrogen-bond donors (Lipinski definition) is 2. The highest BCUT2D eigenvalue weighted by atomic mass is 127. The minimum absolute atomic E-state index is 0. The number of rotatable bonds is 5. The van der Waals surface area contributed by atoms with Gasteiger partial charge in [0.15, 0.2) is 17.6 Å². The number of pyridine rings is 1. The van der Waals surface area contributed by atoms with Gasteiger partial charge < -0.3 is 20.3 Å². The molecule has 7 nitrogen and oxygen atoms in total. The van der Waals surface area contributed by atoms with Gasteiger partial charge in [0.25, 0.3) is 0 Å². The fourth-order valence-electron chi connectivity index (χ4n) is 4.38. The van der Waals surface area contributed by atoms with E-state index < -0.39 is 0 Å². The number of morpholine rings is 1. The number of anilines is 1. The predicted octanol–water partition coefficient (Wildman–Crippen LogP) is 1.84. The van der Waals surface area contributed by atoms with E-state index in [1.807, 2.05) is 4.90 Å². The maximum atomic E-state index is 14.0. The molecule has 9 heteroatoms. The number of nitrogens with one attached hydrogen (secondary N) is 2. The summed E-state index contributed by atoms with van der Waals surface area (Å²) in [6.45, 7) is 8.02. The van der Waals surface area contributed by atoms with Crippen LogP contribution in [0.2, 0.25) is 0 Å². The molecule has 0 spiro atoms. The molecule has 0 aliphatic carbocycles. The molecular formula is C20H32FIN6O. The lowest BCUT2D eigenvalue weighted by Crippen LogP contribution is -2.48. The van der Waals surface area contributed by atoms with Crippen molar-refractivity contribution in [1.29, 1.82) is 0 Å². The molecule has 3 fully saturated rings. The van der Waals surface area contributed by atoms with Gasteiger partial charge in [-0.15, -0.1) is 24.0 Å². The highest BCUT2D eigenvalue weighted by Crippen LogP contribution is 2.23. The van der Waals surface area contributed by atoms with Crippen LogP contribution in [0.4, 0.5) is 10.2 Å². The Morgan fingerprint density at radius 1 is 1.34 bits per heavy atom. The van der Waals surface area contributed by atoms with E-state index in [-0.39, 0.29) is 41.9 Å². The van der Waals surface area contributed by atoms with Crippen molar-refractivity contribution in [2.24, 2.45) is 4.99 Å². The summed E-state index contributed by atoms with van der Waals surface area (Å²) in [5, 5.41) is 6.82. The first-order valence-electron chi connectivity index (χ1n) is 10.5. The van der Waals surface area contributed by atoms with E-state index in [2.05, 4.69) is 27.4 Å². The Hall–Kier alpha value is -1.20. The van der Waals surface area contributed by atoms with Crippen LogP contribution >= 0.6 is 24.0 Å². The third-order valence-electron chi connectivity index (χ3n) is 5.83. The molecule has 4 heterocycles. The van der Waals surface area contributed by atoms with Crippen LogP contribution in [0.1, 0.15) is 26.2 Å². The molecule has 1 aromatic heterocycles. The maximum Gasteiger partial charge on any atom is 0.191 e. The predicted molar refractivity (Wildman–Crippen MR) is 124 cm³/mol. The second-order valence-electron chi connectivity index (χ2n) is 7.85. The minimum atomic E-state index is -0.265. The van der Waals surface area contributed by atoms with Gasteiger partial charge in [-0.25, -0.2) is 9.37 Å². The summed E-state index contributed by atoms with van der Waals surface area (Å²) in [7, 11) is 0. The van der Waals surface area contributed by atoms with E-state index in [9.17, 15) is 4.39 Å². The number of aromatic nitrogens is 1. The quantitative estimate of drug-likeness (QED) is 0.353. The molecule has 0 radical (unpaired) electrons. The van der Waals surface area contributed by atoms with Gasteiger partial charge in [-0.3, -0.25) is 9.89 Å². The molecule has 1 aromatic rings. The summed E-state index contributed by atoms with van der Waals surface area (Å²) in [5.74, 6) is 0.978. The van der Waals surface area contributed by atoms with Crippen molar-refractivity contribution < 1.29 is 9.13 Å². The van der Waals surface area contributed by atoms with Gasteiger partial charge >= 0.3 is 0 Å². The standard InChI is InChI=1S/C20H31FN6O.HI/c1-2-22-20(24-11-17-13-26-9-4-5-16(26)14-28-17)25-15-7-10-27(12-15)19-18(21)6-3-8-23-19;/h3,6,8,15-17H,2,4-5,7,9-14H2,1H3,(H2,22,24,25);1H. The van der Waals surface area contributed by atoms with Crippen molar-refractivity contribution in [3.8, 4) is 0 Å². The number of guanidine groups is 1. The molecule has 2 N–H and O–H groups in total. The average Bonchev–Trinajstić information content (AvgIpc) is 3.35. The van der Waals surface area contributed by atoms with Crippen molar-refractivity contribution in [3.63, 3.8) is 0 Å². The van der Waals surface area contributed by atoms with Gasteiger partial charge in [0.2, 0.25) is 0 Å². The summed E-state index contributed by atoms with van der Waals surface area (Å²) in [6.07, 6.45) is 5.26. The molecule has 0 aromatic carbocycles. The molecule has 162 valence electrons. The van der Waals surface area contributed by atoms with Crippen molar-refractivity contribution in [2.75, 3.05) is 50.8 Å². The van der Waals surface area contributed by atoms with E-state index in [1.54, 1.807) is 12.3 Å². The molecule has 0 amide bonds. The van der Waals surface area contributed by atoms with Crippen LogP contribution in [-0.2, 0) is 4.74 Å². The van der Waals surface area contributed by atoms with Gasteiger partial charge in [0.05, 0.1) is 19.3 Å². The van der Waals surface area contributed by atoms with Crippen LogP contribution in [0.25, 0.3) is 0 Å². The fraction of sp³-hybridized carbons (Fsp3) is 0.700. The first-order chi connectivity index (χ1) is 13.7. The molecule has 3 aliphatic heterocycles. The number of hydrogen-bond acceptors (Lipinski definition) is 5. The number of fused-ring (bicyclic) bond motifs is 1. The zero-order chi connectivity index (χ0) is 19.3. The molecule has 29 heavy (non-hydrogen) atoms. The monoisotopic (exact) mass is 518 g/mol. The zero-order valence-electron chi connectivity index (χ0n) is 17.0. The first-order valence-corrected chi connectivity index (χ1v) is 10.5. The molecule has 3 saturated heterocycles. The SMILES string of the molecule is CCNC(=NCC1CN2CCCC2CO1)NC1CCN(c2ncccc2F)C1.I. The smallest absolute Gasteiger partial charge is 0.191 e. The van der Waals surface area contributed by atoms with Gasteiger partial charge in [-0.1, -0.05) is 0 Å². The number of aliphatic imine (C=N–C) groups is 1. The van der Waals surface area contributed by atoms with Crippen LogP contribution in [-0.4, -0.2) is 79.9 Å².